The van der Waals surface area contributed by atoms with Crippen LogP contribution in [-0.4, -0.2) is 41.9 Å². The van der Waals surface area contributed by atoms with Crippen molar-refractivity contribution in [1.29, 1.82) is 0 Å². The first-order chi connectivity index (χ1) is 13.8. The Morgan fingerprint density at radius 3 is 1.59 bits per heavy atom. The quantitative estimate of drug-likeness (QED) is 0.121. The number of rotatable bonds is 20. The predicted molar refractivity (Wildman–Crippen MR) is 110 cm³/mol. The molecular formula is C20H38O8S. The Morgan fingerprint density at radius 2 is 1.21 bits per heavy atom. The minimum absolute atomic E-state index is 0.0923. The van der Waals surface area contributed by atoms with E-state index in [0.29, 0.717) is 6.42 Å². The monoisotopic (exact) mass is 438 g/mol. The van der Waals surface area contributed by atoms with Gasteiger partial charge in [-0.2, -0.15) is 13.3 Å². The van der Waals surface area contributed by atoms with Crippen LogP contribution in [-0.2, 0) is 29.5 Å². The first kappa shape index (κ1) is 27.8. The Hall–Kier alpha value is -1.19. The summed E-state index contributed by atoms with van der Waals surface area (Å²) in [5, 5.41) is 6.40. The molecule has 0 aliphatic carbocycles. The van der Waals surface area contributed by atoms with Crippen LogP contribution in [0.2, 0.25) is 0 Å². The third-order valence-corrected chi connectivity index (χ3v) is 5.78. The molecule has 0 saturated heterocycles. The topological polar surface area (TPSA) is 127 Å². The predicted octanol–water partition coefficient (Wildman–Crippen LogP) is 4.67. The van der Waals surface area contributed by atoms with Gasteiger partial charge >= 0.3 is 11.9 Å². The normalized spacial score (nSPS) is 12.6. The molecule has 0 aliphatic rings. The summed E-state index contributed by atoms with van der Waals surface area (Å²) in [7, 11) is -4.87. The van der Waals surface area contributed by atoms with Crippen molar-refractivity contribution in [3.63, 3.8) is 0 Å². The summed E-state index contributed by atoms with van der Waals surface area (Å²) in [5.74, 6) is -2.98. The van der Waals surface area contributed by atoms with Gasteiger partial charge in [-0.25, -0.2) is 4.79 Å². The zero-order valence-electron chi connectivity index (χ0n) is 17.6. The highest BCUT2D eigenvalue weighted by atomic mass is 32.2. The molecule has 0 amide bonds. The Morgan fingerprint density at radius 1 is 0.793 bits per heavy atom. The molecular weight excluding hydrogens is 400 g/mol. The number of carboxylic acids is 1. The van der Waals surface area contributed by atoms with Gasteiger partial charge in [-0.1, -0.05) is 90.4 Å². The van der Waals surface area contributed by atoms with E-state index < -0.39 is 33.7 Å². The van der Waals surface area contributed by atoms with Crippen molar-refractivity contribution in [2.45, 2.75) is 108 Å². The highest BCUT2D eigenvalue weighted by Gasteiger charge is 2.35. The molecule has 0 aromatic carbocycles. The lowest BCUT2D eigenvalue weighted by molar-refractivity contribution is -0.272. The lowest BCUT2D eigenvalue weighted by atomic mass is 10.0. The molecule has 8 nitrogen and oxygen atoms in total. The third kappa shape index (κ3) is 17.4. The van der Waals surface area contributed by atoms with Crippen LogP contribution in [0.5, 0.6) is 0 Å². The Kier molecular flexibility index (Phi) is 16.9. The van der Waals surface area contributed by atoms with Gasteiger partial charge in [-0.3, -0.25) is 14.2 Å². The molecule has 0 aromatic heterocycles. The van der Waals surface area contributed by atoms with Crippen molar-refractivity contribution in [3.8, 4) is 0 Å². The summed E-state index contributed by atoms with van der Waals surface area (Å²) in [5.41, 5.74) is 0. The number of carboxylic acid groups (broad SMARTS) is 1. The fraction of sp³-hybridized carbons (Fsp3) is 0.900. The molecule has 0 aliphatic heterocycles. The van der Waals surface area contributed by atoms with Crippen molar-refractivity contribution in [1.82, 2.24) is 0 Å². The first-order valence-corrected chi connectivity index (χ1v) is 12.3. The van der Waals surface area contributed by atoms with E-state index in [1.807, 2.05) is 0 Å². The Labute approximate surface area is 175 Å². The second-order valence-corrected chi connectivity index (χ2v) is 9.02. The molecule has 1 atom stereocenters. The SMILES string of the molecule is CCCCCCCCCCCCCCCCOOC(=O)C(CC(=O)O)S(=O)(=O)O. The van der Waals surface area contributed by atoms with Gasteiger partial charge in [0.1, 0.15) is 0 Å². The second kappa shape index (κ2) is 17.7. The van der Waals surface area contributed by atoms with Crippen LogP contribution in [0, 0.1) is 0 Å². The maximum absolute atomic E-state index is 11.5. The number of aliphatic carboxylic acids is 1. The number of hydrogen-bond acceptors (Lipinski definition) is 6. The fourth-order valence-electron chi connectivity index (χ4n) is 2.98. The molecule has 0 spiro atoms. The van der Waals surface area contributed by atoms with E-state index in [0.717, 1.165) is 19.3 Å². The maximum atomic E-state index is 11.5. The van der Waals surface area contributed by atoms with Crippen LogP contribution in [0.1, 0.15) is 103 Å². The van der Waals surface area contributed by atoms with Crippen LogP contribution in [0.25, 0.3) is 0 Å². The Bertz CT molecular complexity index is 533. The summed E-state index contributed by atoms with van der Waals surface area (Å²) >= 11 is 0. The molecule has 2 N–H and O–H groups in total. The second-order valence-electron chi connectivity index (χ2n) is 7.42. The molecule has 0 aromatic rings. The van der Waals surface area contributed by atoms with Crippen molar-refractivity contribution in [3.05, 3.63) is 0 Å². The molecule has 172 valence electrons. The van der Waals surface area contributed by atoms with Gasteiger partial charge in [0.2, 0.25) is 0 Å². The molecule has 0 bridgehead atoms. The van der Waals surface area contributed by atoms with Crippen LogP contribution in [0.3, 0.4) is 0 Å². The zero-order valence-corrected chi connectivity index (χ0v) is 18.5. The zero-order chi connectivity index (χ0) is 22.0. The van der Waals surface area contributed by atoms with E-state index in [1.54, 1.807) is 0 Å². The van der Waals surface area contributed by atoms with Gasteiger partial charge in [-0.05, 0) is 6.42 Å². The number of carbonyl (C=O) groups is 2. The lowest BCUT2D eigenvalue weighted by Crippen LogP contribution is -2.34. The van der Waals surface area contributed by atoms with Crippen molar-refractivity contribution < 1.29 is 37.4 Å². The summed E-state index contributed by atoms with van der Waals surface area (Å²) in [4.78, 5) is 31.0. The third-order valence-electron chi connectivity index (χ3n) is 4.70. The van der Waals surface area contributed by atoms with Crippen molar-refractivity contribution in [2.75, 3.05) is 6.61 Å². The van der Waals surface area contributed by atoms with E-state index in [4.69, 9.17) is 9.66 Å². The summed E-state index contributed by atoms with van der Waals surface area (Å²) in [6.45, 7) is 2.32. The molecule has 0 saturated carbocycles. The van der Waals surface area contributed by atoms with E-state index >= 15 is 0 Å². The largest absolute Gasteiger partial charge is 0.481 e. The van der Waals surface area contributed by atoms with Crippen molar-refractivity contribution >= 4 is 22.1 Å². The number of hydrogen-bond donors (Lipinski definition) is 2. The standard InChI is InChI=1S/C20H38O8S/c1-2-3-4-5-6-7-8-9-10-11-12-13-14-15-16-27-28-20(23)18(17-19(21)22)29(24,25)26/h18H,2-17H2,1H3,(H,21,22)(H,24,25,26). The van der Waals surface area contributed by atoms with Gasteiger partial charge < -0.3 is 5.11 Å². The summed E-state index contributed by atoms with van der Waals surface area (Å²) in [6.07, 6.45) is 15.8. The van der Waals surface area contributed by atoms with Crippen LogP contribution in [0.15, 0.2) is 0 Å². The molecule has 9 heteroatoms. The van der Waals surface area contributed by atoms with Gasteiger partial charge in [0.05, 0.1) is 13.0 Å². The fourth-order valence-corrected chi connectivity index (χ4v) is 3.61. The van der Waals surface area contributed by atoms with Crippen LogP contribution < -0.4 is 0 Å². The molecule has 0 fully saturated rings. The lowest BCUT2D eigenvalue weighted by Gasteiger charge is -2.10. The minimum atomic E-state index is -4.87. The highest BCUT2D eigenvalue weighted by Crippen LogP contribution is 2.13. The van der Waals surface area contributed by atoms with E-state index in [2.05, 4.69) is 16.7 Å². The molecule has 1 unspecified atom stereocenters. The molecule has 0 heterocycles. The number of unbranched alkanes of at least 4 members (excludes halogenated alkanes) is 13. The average molecular weight is 439 g/mol. The van der Waals surface area contributed by atoms with Gasteiger partial charge in [-0.15, -0.1) is 0 Å². The summed E-state index contributed by atoms with van der Waals surface area (Å²) < 4.78 is 30.9. The van der Waals surface area contributed by atoms with E-state index in [9.17, 15) is 18.0 Å². The van der Waals surface area contributed by atoms with E-state index in [1.165, 1.54) is 64.2 Å². The highest BCUT2D eigenvalue weighted by molar-refractivity contribution is 7.87. The van der Waals surface area contributed by atoms with Crippen LogP contribution >= 0.6 is 0 Å². The maximum Gasteiger partial charge on any atom is 0.363 e. The van der Waals surface area contributed by atoms with Gasteiger partial charge in [0.25, 0.3) is 10.1 Å². The van der Waals surface area contributed by atoms with E-state index in [-0.39, 0.29) is 6.61 Å². The average Bonchev–Trinajstić information content (AvgIpc) is 2.64. The summed E-state index contributed by atoms with van der Waals surface area (Å²) in [6, 6.07) is 0. The van der Waals surface area contributed by atoms with Crippen molar-refractivity contribution in [2.24, 2.45) is 0 Å². The first-order valence-electron chi connectivity index (χ1n) is 10.8. The smallest absolute Gasteiger partial charge is 0.363 e. The molecule has 0 rings (SSSR count). The van der Waals surface area contributed by atoms with Crippen LogP contribution in [0.4, 0.5) is 0 Å². The molecule has 29 heavy (non-hydrogen) atoms. The number of carbonyl (C=O) groups excluding carboxylic acids is 1. The Balaban J connectivity index is 3.52. The molecule has 0 radical (unpaired) electrons. The minimum Gasteiger partial charge on any atom is -0.481 e. The van der Waals surface area contributed by atoms with Gasteiger partial charge in [0.15, 0.2) is 5.25 Å². The van der Waals surface area contributed by atoms with Gasteiger partial charge in [0, 0.05) is 0 Å².